The molecule has 0 saturated carbocycles. The number of anilines is 3. The highest BCUT2D eigenvalue weighted by Crippen LogP contribution is 2.35. The van der Waals surface area contributed by atoms with Gasteiger partial charge in [0.1, 0.15) is 0 Å². The van der Waals surface area contributed by atoms with Crippen molar-refractivity contribution in [3.05, 3.63) is 42.0 Å². The zero-order chi connectivity index (χ0) is 22.2. The molecule has 0 amide bonds. The van der Waals surface area contributed by atoms with E-state index in [4.69, 9.17) is 9.47 Å². The summed E-state index contributed by atoms with van der Waals surface area (Å²) in [6, 6.07) is 6.18. The van der Waals surface area contributed by atoms with Crippen LogP contribution in [0.2, 0.25) is 0 Å². The highest BCUT2D eigenvalue weighted by atomic mass is 19.1. The van der Waals surface area contributed by atoms with Crippen molar-refractivity contribution >= 4 is 23.3 Å². The number of ether oxygens (including phenoxy) is 2. The second kappa shape index (κ2) is 11.0. The van der Waals surface area contributed by atoms with Crippen LogP contribution in [0, 0.1) is 5.82 Å². The summed E-state index contributed by atoms with van der Waals surface area (Å²) < 4.78 is 24.0. The van der Waals surface area contributed by atoms with Gasteiger partial charge in [-0.05, 0) is 37.5 Å². The number of nitrogens with zero attached hydrogens (tertiary/aromatic N) is 3. The largest absolute Gasteiger partial charge is 0.481 e. The van der Waals surface area contributed by atoms with E-state index in [2.05, 4.69) is 27.1 Å². The molecule has 3 rings (SSSR count). The van der Waals surface area contributed by atoms with Gasteiger partial charge in [0.2, 0.25) is 5.95 Å². The predicted octanol–water partition coefficient (Wildman–Crippen LogP) is 3.57. The highest BCUT2D eigenvalue weighted by molar-refractivity contribution is 5.75. The zero-order valence-corrected chi connectivity index (χ0v) is 17.9. The molecule has 2 aromatic rings. The van der Waals surface area contributed by atoms with Crippen molar-refractivity contribution in [3.63, 3.8) is 0 Å². The summed E-state index contributed by atoms with van der Waals surface area (Å²) in [6.07, 6.45) is 4.01. The number of hydrogen-bond donors (Lipinski definition) is 2. The van der Waals surface area contributed by atoms with E-state index in [0.717, 1.165) is 61.9 Å². The molecule has 0 spiro atoms. The summed E-state index contributed by atoms with van der Waals surface area (Å²) in [5, 5.41) is 12.5. The Morgan fingerprint density at radius 1 is 1.35 bits per heavy atom. The lowest BCUT2D eigenvalue weighted by Gasteiger charge is -2.36. The van der Waals surface area contributed by atoms with Crippen molar-refractivity contribution in [2.75, 3.05) is 43.7 Å². The van der Waals surface area contributed by atoms with Gasteiger partial charge in [0.25, 0.3) is 0 Å². The second-order valence-corrected chi connectivity index (χ2v) is 7.51. The van der Waals surface area contributed by atoms with Crippen molar-refractivity contribution in [1.82, 2.24) is 9.97 Å². The lowest BCUT2D eigenvalue weighted by molar-refractivity contribution is -0.137. The molecule has 8 nitrogen and oxygen atoms in total. The van der Waals surface area contributed by atoms with Crippen LogP contribution in [0.3, 0.4) is 0 Å². The zero-order valence-electron chi connectivity index (χ0n) is 17.9. The van der Waals surface area contributed by atoms with Crippen LogP contribution in [0.1, 0.15) is 37.7 Å². The number of hydrogen-bond acceptors (Lipinski definition) is 7. The molecule has 1 aliphatic heterocycles. The van der Waals surface area contributed by atoms with Crippen LogP contribution in [0.5, 0.6) is 0 Å². The van der Waals surface area contributed by atoms with Gasteiger partial charge in [-0.1, -0.05) is 6.07 Å². The Morgan fingerprint density at radius 2 is 2.06 bits per heavy atom. The fourth-order valence-corrected chi connectivity index (χ4v) is 3.96. The molecule has 2 N–H and O–H groups in total. The molecule has 168 valence electrons. The molecule has 2 heterocycles. The third-order valence-electron chi connectivity index (χ3n) is 5.43. The third kappa shape index (κ3) is 6.11. The first-order chi connectivity index (χ1) is 15.0. The Bertz CT molecular complexity index is 859. The molecule has 0 bridgehead atoms. The van der Waals surface area contributed by atoms with Gasteiger partial charge in [-0.25, -0.2) is 14.4 Å². The molecule has 0 unspecified atom stereocenters. The Balaban J connectivity index is 1.99. The minimum Gasteiger partial charge on any atom is -0.481 e. The van der Waals surface area contributed by atoms with E-state index in [-0.39, 0.29) is 24.9 Å². The molecule has 1 aromatic heterocycles. The monoisotopic (exact) mass is 432 g/mol. The number of carboxylic acid groups (broad SMARTS) is 1. The minimum atomic E-state index is -0.889. The molecule has 0 radical (unpaired) electrons. The lowest BCUT2D eigenvalue weighted by Crippen LogP contribution is -2.39. The highest BCUT2D eigenvalue weighted by Gasteiger charge is 2.24. The maximum absolute atomic E-state index is 13.3. The Kier molecular flexibility index (Phi) is 8.13. The molecule has 9 heteroatoms. The predicted molar refractivity (Wildman–Crippen MR) is 115 cm³/mol. The standard InChI is InChI=1S/C22H29FN4O4/c1-3-27(18-6-8-31-9-7-18)20-5-4-15(16(14-30-2)11-21(28)29)10-19(20)26-22-24-12-17(23)13-25-22/h4-5,10,12-13,16,18H,3,6-9,11,14H2,1-2H3,(H,28,29)(H,24,25,26)/t16-/m0/s1. The van der Waals surface area contributed by atoms with Gasteiger partial charge in [0, 0.05) is 38.8 Å². The van der Waals surface area contributed by atoms with Crippen molar-refractivity contribution in [2.24, 2.45) is 0 Å². The van der Waals surface area contributed by atoms with Crippen molar-refractivity contribution in [2.45, 2.75) is 38.1 Å². The number of halogens is 1. The minimum absolute atomic E-state index is 0.0445. The van der Waals surface area contributed by atoms with Crippen LogP contribution < -0.4 is 10.2 Å². The van der Waals surface area contributed by atoms with E-state index in [9.17, 15) is 14.3 Å². The molecule has 31 heavy (non-hydrogen) atoms. The summed E-state index contributed by atoms with van der Waals surface area (Å²) in [7, 11) is 1.55. The number of benzene rings is 1. The number of aliphatic carboxylic acids is 1. The molecular formula is C22H29FN4O4. The lowest BCUT2D eigenvalue weighted by atomic mass is 9.95. The van der Waals surface area contributed by atoms with Crippen LogP contribution in [-0.2, 0) is 14.3 Å². The van der Waals surface area contributed by atoms with E-state index in [1.165, 1.54) is 0 Å². The Hall–Kier alpha value is -2.78. The fourth-order valence-electron chi connectivity index (χ4n) is 3.96. The van der Waals surface area contributed by atoms with Gasteiger partial charge >= 0.3 is 5.97 Å². The van der Waals surface area contributed by atoms with Gasteiger partial charge < -0.3 is 24.8 Å². The number of methoxy groups -OCH3 is 1. The van der Waals surface area contributed by atoms with Gasteiger partial charge in [-0.15, -0.1) is 0 Å². The van der Waals surface area contributed by atoms with Gasteiger partial charge in [0.15, 0.2) is 5.82 Å². The van der Waals surface area contributed by atoms with E-state index in [0.29, 0.717) is 6.04 Å². The van der Waals surface area contributed by atoms with Gasteiger partial charge in [-0.2, -0.15) is 0 Å². The number of carboxylic acids is 1. The summed E-state index contributed by atoms with van der Waals surface area (Å²) in [4.78, 5) is 21.7. The Labute approximate surface area is 181 Å². The van der Waals surface area contributed by atoms with Crippen LogP contribution in [0.4, 0.5) is 21.7 Å². The second-order valence-electron chi connectivity index (χ2n) is 7.51. The number of carbonyl (C=O) groups is 1. The maximum Gasteiger partial charge on any atom is 0.304 e. The van der Waals surface area contributed by atoms with E-state index in [1.807, 2.05) is 18.2 Å². The summed E-state index contributed by atoms with van der Waals surface area (Å²) in [5.74, 6) is -1.44. The first kappa shape index (κ1) is 22.9. The van der Waals surface area contributed by atoms with E-state index >= 15 is 0 Å². The average molecular weight is 432 g/mol. The number of aromatic nitrogens is 2. The van der Waals surface area contributed by atoms with Crippen molar-refractivity contribution in [3.8, 4) is 0 Å². The molecule has 1 atom stereocenters. The number of rotatable bonds is 10. The summed E-state index contributed by atoms with van der Waals surface area (Å²) in [6.45, 7) is 4.62. The van der Waals surface area contributed by atoms with Gasteiger partial charge in [-0.3, -0.25) is 4.79 Å². The van der Waals surface area contributed by atoms with Crippen LogP contribution in [-0.4, -0.2) is 60.6 Å². The smallest absolute Gasteiger partial charge is 0.304 e. The van der Waals surface area contributed by atoms with Crippen molar-refractivity contribution < 1.29 is 23.8 Å². The first-order valence-electron chi connectivity index (χ1n) is 10.5. The van der Waals surface area contributed by atoms with Crippen LogP contribution in [0.15, 0.2) is 30.6 Å². The quantitative estimate of drug-likeness (QED) is 0.588. The van der Waals surface area contributed by atoms with Crippen molar-refractivity contribution in [1.29, 1.82) is 0 Å². The van der Waals surface area contributed by atoms with Crippen LogP contribution >= 0.6 is 0 Å². The molecule has 1 aromatic carbocycles. The topological polar surface area (TPSA) is 96.8 Å². The SMILES string of the molecule is CCN(c1ccc([C@H](COC)CC(=O)O)cc1Nc1ncc(F)cn1)C1CCOCC1. The Morgan fingerprint density at radius 3 is 2.68 bits per heavy atom. The average Bonchev–Trinajstić information content (AvgIpc) is 2.77. The molecular weight excluding hydrogens is 403 g/mol. The maximum atomic E-state index is 13.3. The third-order valence-corrected chi connectivity index (χ3v) is 5.43. The van der Waals surface area contributed by atoms with E-state index in [1.54, 1.807) is 7.11 Å². The first-order valence-corrected chi connectivity index (χ1v) is 10.5. The molecule has 1 saturated heterocycles. The number of nitrogens with one attached hydrogen (secondary N) is 1. The molecule has 1 aliphatic rings. The molecule has 0 aliphatic carbocycles. The summed E-state index contributed by atoms with van der Waals surface area (Å²) >= 11 is 0. The molecule has 1 fully saturated rings. The van der Waals surface area contributed by atoms with Crippen LogP contribution in [0.25, 0.3) is 0 Å². The fraction of sp³-hybridized carbons (Fsp3) is 0.500. The van der Waals surface area contributed by atoms with Gasteiger partial charge in [0.05, 0.1) is 36.8 Å². The normalized spacial score (nSPS) is 15.5. The summed E-state index contributed by atoms with van der Waals surface area (Å²) in [5.41, 5.74) is 2.53. The van der Waals surface area contributed by atoms with E-state index < -0.39 is 11.8 Å².